The fourth-order valence-electron chi connectivity index (χ4n) is 4.64. The van der Waals surface area contributed by atoms with Gasteiger partial charge in [0.1, 0.15) is 0 Å². The van der Waals surface area contributed by atoms with E-state index in [9.17, 15) is 9.59 Å². The van der Waals surface area contributed by atoms with Gasteiger partial charge in [-0.1, -0.05) is 59.6 Å². The zero-order chi connectivity index (χ0) is 23.4. The maximum atomic E-state index is 13.5. The first-order valence-corrected chi connectivity index (χ1v) is 11.9. The van der Waals surface area contributed by atoms with E-state index in [2.05, 4.69) is 6.07 Å². The SMILES string of the molecule is CCOC(=O)C1CCCN(CC(=O)N2N=C(c3cccc(C)c3)CC2c2ccccc2Cl)C1. The smallest absolute Gasteiger partial charge is 0.310 e. The van der Waals surface area contributed by atoms with Crippen molar-refractivity contribution in [1.29, 1.82) is 0 Å². The van der Waals surface area contributed by atoms with Crippen LogP contribution < -0.4 is 0 Å². The Kier molecular flexibility index (Phi) is 7.46. The Balaban J connectivity index is 1.55. The van der Waals surface area contributed by atoms with E-state index < -0.39 is 0 Å². The van der Waals surface area contributed by atoms with E-state index in [-0.39, 0.29) is 30.4 Å². The van der Waals surface area contributed by atoms with Crippen LogP contribution in [0.25, 0.3) is 0 Å². The molecular formula is C26H30ClN3O3. The average Bonchev–Trinajstić information content (AvgIpc) is 3.25. The molecule has 33 heavy (non-hydrogen) atoms. The lowest BCUT2D eigenvalue weighted by molar-refractivity contribution is -0.150. The molecule has 4 rings (SSSR count). The molecule has 2 heterocycles. The first-order valence-electron chi connectivity index (χ1n) is 11.6. The van der Waals surface area contributed by atoms with Gasteiger partial charge in [0.25, 0.3) is 5.91 Å². The number of halogens is 1. The molecule has 6 nitrogen and oxygen atoms in total. The average molecular weight is 468 g/mol. The van der Waals surface area contributed by atoms with Crippen molar-refractivity contribution < 1.29 is 14.3 Å². The Labute approximate surface area is 200 Å². The van der Waals surface area contributed by atoms with Crippen LogP contribution in [0.4, 0.5) is 0 Å². The molecule has 2 atom stereocenters. The summed E-state index contributed by atoms with van der Waals surface area (Å²) in [6.45, 7) is 5.75. The van der Waals surface area contributed by atoms with Gasteiger partial charge in [0.2, 0.25) is 0 Å². The van der Waals surface area contributed by atoms with Crippen molar-refractivity contribution in [3.05, 3.63) is 70.2 Å². The van der Waals surface area contributed by atoms with E-state index in [4.69, 9.17) is 21.4 Å². The topological polar surface area (TPSA) is 62.2 Å². The third kappa shape index (κ3) is 5.45. The van der Waals surface area contributed by atoms with E-state index in [1.807, 2.05) is 61.2 Å². The van der Waals surface area contributed by atoms with Crippen molar-refractivity contribution in [3.8, 4) is 0 Å². The molecule has 0 N–H and O–H groups in total. The van der Waals surface area contributed by atoms with Crippen LogP contribution in [0, 0.1) is 12.8 Å². The Morgan fingerprint density at radius 1 is 1.18 bits per heavy atom. The summed E-state index contributed by atoms with van der Waals surface area (Å²) in [4.78, 5) is 27.7. The molecule has 0 bridgehead atoms. The molecule has 0 aliphatic carbocycles. The van der Waals surface area contributed by atoms with Gasteiger partial charge in [0, 0.05) is 18.0 Å². The predicted molar refractivity (Wildman–Crippen MR) is 129 cm³/mol. The number of nitrogens with zero attached hydrogens (tertiary/aromatic N) is 3. The summed E-state index contributed by atoms with van der Waals surface area (Å²) in [6.07, 6.45) is 2.26. The van der Waals surface area contributed by atoms with Crippen LogP contribution in [0.15, 0.2) is 53.6 Å². The van der Waals surface area contributed by atoms with Crippen LogP contribution in [0.5, 0.6) is 0 Å². The number of aryl methyl sites for hydroxylation is 1. The highest BCUT2D eigenvalue weighted by molar-refractivity contribution is 6.31. The van der Waals surface area contributed by atoms with Gasteiger partial charge in [-0.15, -0.1) is 0 Å². The first kappa shape index (κ1) is 23.5. The van der Waals surface area contributed by atoms with E-state index in [1.54, 1.807) is 5.01 Å². The number of carbonyl (C=O) groups excluding carboxylic acids is 2. The molecular weight excluding hydrogens is 438 g/mol. The fourth-order valence-corrected chi connectivity index (χ4v) is 4.90. The van der Waals surface area contributed by atoms with Gasteiger partial charge in [-0.3, -0.25) is 14.5 Å². The number of rotatable bonds is 6. The lowest BCUT2D eigenvalue weighted by Crippen LogP contribution is -2.44. The van der Waals surface area contributed by atoms with E-state index in [0.29, 0.717) is 24.6 Å². The van der Waals surface area contributed by atoms with Gasteiger partial charge >= 0.3 is 5.97 Å². The lowest BCUT2D eigenvalue weighted by atomic mass is 9.97. The quantitative estimate of drug-likeness (QED) is 0.582. The molecule has 174 valence electrons. The van der Waals surface area contributed by atoms with Crippen molar-refractivity contribution in [2.45, 2.75) is 39.2 Å². The summed E-state index contributed by atoms with van der Waals surface area (Å²) in [5.41, 5.74) is 3.93. The van der Waals surface area contributed by atoms with Gasteiger partial charge in [-0.25, -0.2) is 5.01 Å². The molecule has 0 saturated carbocycles. The monoisotopic (exact) mass is 467 g/mol. The summed E-state index contributed by atoms with van der Waals surface area (Å²) in [5, 5.41) is 6.99. The van der Waals surface area contributed by atoms with E-state index >= 15 is 0 Å². The van der Waals surface area contributed by atoms with Crippen molar-refractivity contribution in [3.63, 3.8) is 0 Å². The molecule has 0 aromatic heterocycles. The Morgan fingerprint density at radius 3 is 2.76 bits per heavy atom. The van der Waals surface area contributed by atoms with Crippen molar-refractivity contribution in [1.82, 2.24) is 9.91 Å². The number of benzene rings is 2. The van der Waals surface area contributed by atoms with Gasteiger partial charge in [0.05, 0.1) is 30.8 Å². The summed E-state index contributed by atoms with van der Waals surface area (Å²) in [5.74, 6) is -0.451. The number of hydrazone groups is 1. The second-order valence-electron chi connectivity index (χ2n) is 8.72. The largest absolute Gasteiger partial charge is 0.466 e. The van der Waals surface area contributed by atoms with Crippen molar-refractivity contribution >= 4 is 29.2 Å². The number of hydrogen-bond acceptors (Lipinski definition) is 5. The molecule has 7 heteroatoms. The minimum absolute atomic E-state index is 0.0907. The number of amides is 1. The highest BCUT2D eigenvalue weighted by Crippen LogP contribution is 2.36. The molecule has 2 aliphatic rings. The normalized spacial score (nSPS) is 21.1. The Bertz CT molecular complexity index is 1050. The molecule has 2 aromatic rings. The molecule has 0 radical (unpaired) electrons. The van der Waals surface area contributed by atoms with Crippen molar-refractivity contribution in [2.75, 3.05) is 26.2 Å². The van der Waals surface area contributed by atoms with Gasteiger partial charge in [-0.05, 0) is 50.4 Å². The zero-order valence-electron chi connectivity index (χ0n) is 19.2. The predicted octanol–water partition coefficient (Wildman–Crippen LogP) is 4.60. The van der Waals surface area contributed by atoms with Gasteiger partial charge in [-0.2, -0.15) is 5.10 Å². The number of likely N-dealkylation sites (tertiary alicyclic amines) is 1. The maximum Gasteiger partial charge on any atom is 0.310 e. The Hall–Kier alpha value is -2.70. The van der Waals surface area contributed by atoms with E-state index in [1.165, 1.54) is 0 Å². The fraction of sp³-hybridized carbons (Fsp3) is 0.423. The zero-order valence-corrected chi connectivity index (χ0v) is 19.9. The third-order valence-corrected chi connectivity index (χ3v) is 6.61. The van der Waals surface area contributed by atoms with Crippen LogP contribution in [-0.4, -0.2) is 53.7 Å². The highest BCUT2D eigenvalue weighted by Gasteiger charge is 2.36. The van der Waals surface area contributed by atoms with Gasteiger partial charge < -0.3 is 4.74 Å². The molecule has 2 aliphatic heterocycles. The standard InChI is InChI=1S/C26H30ClN3O3/c1-3-33-26(32)20-10-7-13-29(16-20)17-25(31)30-24(21-11-4-5-12-22(21)27)15-23(28-30)19-9-6-8-18(2)14-19/h4-6,8-9,11-12,14,20,24H,3,7,10,13,15-17H2,1-2H3. The summed E-state index contributed by atoms with van der Waals surface area (Å²) in [6, 6.07) is 15.5. The molecule has 2 unspecified atom stereocenters. The van der Waals surface area contributed by atoms with Gasteiger partial charge in [0.15, 0.2) is 0 Å². The Morgan fingerprint density at radius 2 is 2.00 bits per heavy atom. The van der Waals surface area contributed by atoms with E-state index in [0.717, 1.165) is 41.8 Å². The lowest BCUT2D eigenvalue weighted by Gasteiger charge is -2.32. The number of hydrogen-bond donors (Lipinski definition) is 0. The third-order valence-electron chi connectivity index (χ3n) is 6.27. The molecule has 0 spiro atoms. The van der Waals surface area contributed by atoms with Crippen LogP contribution in [0.3, 0.4) is 0 Å². The summed E-state index contributed by atoms with van der Waals surface area (Å²) < 4.78 is 5.20. The molecule has 2 aromatic carbocycles. The van der Waals surface area contributed by atoms with Crippen LogP contribution in [0.2, 0.25) is 5.02 Å². The number of piperidine rings is 1. The molecule has 1 amide bonds. The van der Waals surface area contributed by atoms with Crippen LogP contribution >= 0.6 is 11.6 Å². The molecule has 1 fully saturated rings. The minimum Gasteiger partial charge on any atom is -0.466 e. The van der Waals surface area contributed by atoms with Crippen LogP contribution in [-0.2, 0) is 14.3 Å². The number of ether oxygens (including phenoxy) is 1. The van der Waals surface area contributed by atoms with Crippen LogP contribution in [0.1, 0.15) is 48.9 Å². The highest BCUT2D eigenvalue weighted by atomic mass is 35.5. The first-order chi connectivity index (χ1) is 16.0. The summed E-state index contributed by atoms with van der Waals surface area (Å²) in [7, 11) is 0. The second-order valence-corrected chi connectivity index (χ2v) is 9.13. The van der Waals surface area contributed by atoms with Crippen molar-refractivity contribution in [2.24, 2.45) is 11.0 Å². The minimum atomic E-state index is -0.257. The number of carbonyl (C=O) groups is 2. The second kappa shape index (κ2) is 10.5. The number of esters is 1. The molecule has 1 saturated heterocycles. The maximum absolute atomic E-state index is 13.5. The summed E-state index contributed by atoms with van der Waals surface area (Å²) >= 11 is 6.52.